The second-order valence-corrected chi connectivity index (χ2v) is 4.65. The number of hydrogen-bond acceptors (Lipinski definition) is 6. The Morgan fingerprint density at radius 3 is 2.62 bits per heavy atom. The molecule has 0 bridgehead atoms. The summed E-state index contributed by atoms with van der Waals surface area (Å²) in [6.45, 7) is 5.10. The van der Waals surface area contributed by atoms with Crippen molar-refractivity contribution in [3.8, 4) is 17.3 Å². The quantitative estimate of drug-likeness (QED) is 0.844. The molecule has 0 amide bonds. The van der Waals surface area contributed by atoms with Gasteiger partial charge in [0.05, 0.1) is 7.11 Å². The van der Waals surface area contributed by atoms with Crippen LogP contribution < -0.4 is 10.1 Å². The fourth-order valence-electron chi connectivity index (χ4n) is 1.95. The number of nitrogens with one attached hydrogen (secondary N) is 1. The van der Waals surface area contributed by atoms with E-state index in [2.05, 4.69) is 39.1 Å². The second kappa shape index (κ2) is 7.52. The first kappa shape index (κ1) is 15.2. The Morgan fingerprint density at radius 1 is 1.10 bits per heavy atom. The summed E-state index contributed by atoms with van der Waals surface area (Å²) in [6, 6.07) is 1.89. The van der Waals surface area contributed by atoms with Gasteiger partial charge in [-0.2, -0.15) is 0 Å². The van der Waals surface area contributed by atoms with Crippen LogP contribution in [0.1, 0.15) is 32.5 Å². The van der Waals surface area contributed by atoms with Gasteiger partial charge in [-0.15, -0.1) is 0 Å². The van der Waals surface area contributed by atoms with Crippen LogP contribution in [-0.4, -0.2) is 33.6 Å². The number of methoxy groups -OCH3 is 1. The third-order valence-corrected chi connectivity index (χ3v) is 2.90. The lowest BCUT2D eigenvalue weighted by atomic mass is 10.2. The molecule has 2 aromatic rings. The first-order chi connectivity index (χ1) is 10.3. The van der Waals surface area contributed by atoms with Crippen LogP contribution in [0, 0.1) is 0 Å². The monoisotopic (exact) mass is 287 g/mol. The van der Waals surface area contributed by atoms with Crippen LogP contribution in [-0.2, 0) is 6.42 Å². The Kier molecular flexibility index (Phi) is 5.43. The molecule has 0 aliphatic rings. The summed E-state index contributed by atoms with van der Waals surface area (Å²) >= 11 is 0. The molecular weight excluding hydrogens is 266 g/mol. The lowest BCUT2D eigenvalue weighted by Crippen LogP contribution is -2.07. The predicted molar refractivity (Wildman–Crippen MR) is 82.4 cm³/mol. The number of ether oxygens (including phenoxy) is 1. The summed E-state index contributed by atoms with van der Waals surface area (Å²) < 4.78 is 5.27. The molecule has 6 nitrogen and oxygen atoms in total. The summed E-state index contributed by atoms with van der Waals surface area (Å²) in [5.41, 5.74) is 1.37. The van der Waals surface area contributed by atoms with E-state index < -0.39 is 0 Å². The van der Waals surface area contributed by atoms with Gasteiger partial charge < -0.3 is 10.1 Å². The summed E-state index contributed by atoms with van der Waals surface area (Å²) in [7, 11) is 1.58. The van der Waals surface area contributed by atoms with Gasteiger partial charge in [-0.05, 0) is 12.8 Å². The highest BCUT2D eigenvalue weighted by molar-refractivity contribution is 5.63. The van der Waals surface area contributed by atoms with E-state index in [-0.39, 0.29) is 0 Å². The molecule has 0 aliphatic heterocycles. The molecule has 0 spiro atoms. The summed E-state index contributed by atoms with van der Waals surface area (Å²) in [6.07, 6.45) is 6.10. The van der Waals surface area contributed by atoms with E-state index in [4.69, 9.17) is 4.74 Å². The molecule has 1 N–H and O–H groups in total. The molecular formula is C15H21N5O. The largest absolute Gasteiger partial charge is 0.479 e. The van der Waals surface area contributed by atoms with E-state index in [9.17, 15) is 0 Å². The zero-order valence-corrected chi connectivity index (χ0v) is 12.8. The van der Waals surface area contributed by atoms with Gasteiger partial charge in [-0.3, -0.25) is 0 Å². The molecule has 0 aliphatic carbocycles. The third-order valence-electron chi connectivity index (χ3n) is 2.90. The van der Waals surface area contributed by atoms with E-state index in [1.54, 1.807) is 19.5 Å². The van der Waals surface area contributed by atoms with Crippen LogP contribution in [0.5, 0.6) is 5.88 Å². The zero-order chi connectivity index (χ0) is 15.1. The SMILES string of the molecule is CCCNc1cc(-c2nccnc2OC)nc(CCC)n1. The number of nitrogens with zero attached hydrogens (tertiary/aromatic N) is 4. The molecule has 6 heteroatoms. The third kappa shape index (κ3) is 3.87. The Hall–Kier alpha value is -2.24. The van der Waals surface area contributed by atoms with Crippen molar-refractivity contribution >= 4 is 5.82 Å². The molecule has 21 heavy (non-hydrogen) atoms. The van der Waals surface area contributed by atoms with Crippen molar-refractivity contribution in [2.45, 2.75) is 33.1 Å². The van der Waals surface area contributed by atoms with E-state index in [0.717, 1.165) is 43.1 Å². The smallest absolute Gasteiger partial charge is 0.241 e. The van der Waals surface area contributed by atoms with Crippen LogP contribution in [0.2, 0.25) is 0 Å². The molecule has 0 atom stereocenters. The van der Waals surface area contributed by atoms with Crippen molar-refractivity contribution in [1.29, 1.82) is 0 Å². The Bertz CT molecular complexity index is 588. The fourth-order valence-corrected chi connectivity index (χ4v) is 1.95. The molecule has 2 aromatic heterocycles. The molecule has 0 fully saturated rings. The van der Waals surface area contributed by atoms with Crippen LogP contribution in [0.4, 0.5) is 5.82 Å². The average Bonchev–Trinajstić information content (AvgIpc) is 2.53. The van der Waals surface area contributed by atoms with E-state index >= 15 is 0 Å². The van der Waals surface area contributed by atoms with E-state index in [1.165, 1.54) is 0 Å². The van der Waals surface area contributed by atoms with E-state index in [1.807, 2.05) is 6.07 Å². The van der Waals surface area contributed by atoms with Crippen molar-refractivity contribution in [3.05, 3.63) is 24.3 Å². The second-order valence-electron chi connectivity index (χ2n) is 4.65. The normalized spacial score (nSPS) is 10.4. The summed E-state index contributed by atoms with van der Waals surface area (Å²) in [4.78, 5) is 17.6. The van der Waals surface area contributed by atoms with Gasteiger partial charge in [-0.1, -0.05) is 13.8 Å². The standard InChI is InChI=1S/C15H21N5O/c1-4-6-12-19-11(10-13(20-12)16-7-5-2)14-15(21-3)18-9-8-17-14/h8-10H,4-7H2,1-3H3,(H,16,19,20). The number of hydrogen-bond donors (Lipinski definition) is 1. The minimum Gasteiger partial charge on any atom is -0.479 e. The summed E-state index contributed by atoms with van der Waals surface area (Å²) in [5, 5.41) is 3.30. The molecule has 112 valence electrons. The maximum Gasteiger partial charge on any atom is 0.241 e. The molecule has 0 aromatic carbocycles. The minimum atomic E-state index is 0.472. The Labute approximate surface area is 125 Å². The van der Waals surface area contributed by atoms with Gasteiger partial charge in [-0.25, -0.2) is 19.9 Å². The Morgan fingerprint density at radius 2 is 1.90 bits per heavy atom. The maximum absolute atomic E-state index is 5.27. The topological polar surface area (TPSA) is 72.8 Å². The predicted octanol–water partition coefficient (Wildman–Crippen LogP) is 2.72. The van der Waals surface area contributed by atoms with Crippen molar-refractivity contribution in [2.24, 2.45) is 0 Å². The summed E-state index contributed by atoms with van der Waals surface area (Å²) in [5.74, 6) is 2.10. The van der Waals surface area contributed by atoms with E-state index in [0.29, 0.717) is 11.6 Å². The average molecular weight is 287 g/mol. The van der Waals surface area contributed by atoms with Gasteiger partial charge in [0.1, 0.15) is 17.3 Å². The molecule has 2 rings (SSSR count). The van der Waals surface area contributed by atoms with Gasteiger partial charge in [0, 0.05) is 31.4 Å². The number of rotatable bonds is 7. The Balaban J connectivity index is 2.43. The first-order valence-electron chi connectivity index (χ1n) is 7.25. The maximum atomic E-state index is 5.27. The first-order valence-corrected chi connectivity index (χ1v) is 7.25. The van der Waals surface area contributed by atoms with Gasteiger partial charge in [0.2, 0.25) is 5.88 Å². The van der Waals surface area contributed by atoms with Crippen LogP contribution in [0.25, 0.3) is 11.4 Å². The van der Waals surface area contributed by atoms with Crippen LogP contribution in [0.3, 0.4) is 0 Å². The molecule has 2 heterocycles. The lowest BCUT2D eigenvalue weighted by molar-refractivity contribution is 0.397. The molecule has 0 saturated carbocycles. The van der Waals surface area contributed by atoms with Crippen LogP contribution >= 0.6 is 0 Å². The number of aromatic nitrogens is 4. The van der Waals surface area contributed by atoms with Gasteiger partial charge in [0.25, 0.3) is 0 Å². The number of anilines is 1. The fraction of sp³-hybridized carbons (Fsp3) is 0.467. The molecule has 0 saturated heterocycles. The van der Waals surface area contributed by atoms with Crippen LogP contribution in [0.15, 0.2) is 18.5 Å². The van der Waals surface area contributed by atoms with Crippen molar-refractivity contribution in [3.63, 3.8) is 0 Å². The van der Waals surface area contributed by atoms with Crippen molar-refractivity contribution < 1.29 is 4.74 Å². The van der Waals surface area contributed by atoms with Crippen molar-refractivity contribution in [1.82, 2.24) is 19.9 Å². The highest BCUT2D eigenvalue weighted by Gasteiger charge is 2.13. The highest BCUT2D eigenvalue weighted by Crippen LogP contribution is 2.25. The van der Waals surface area contributed by atoms with Crippen molar-refractivity contribution in [2.75, 3.05) is 19.0 Å². The minimum absolute atomic E-state index is 0.472. The van der Waals surface area contributed by atoms with Gasteiger partial charge in [0.15, 0.2) is 5.69 Å². The number of aryl methyl sites for hydroxylation is 1. The molecule has 0 radical (unpaired) electrons. The molecule has 0 unspecified atom stereocenters. The lowest BCUT2D eigenvalue weighted by Gasteiger charge is -2.10. The van der Waals surface area contributed by atoms with Gasteiger partial charge >= 0.3 is 0 Å². The zero-order valence-electron chi connectivity index (χ0n) is 12.8. The highest BCUT2D eigenvalue weighted by atomic mass is 16.5.